The van der Waals surface area contributed by atoms with Gasteiger partial charge in [0.05, 0.1) is 6.21 Å². The van der Waals surface area contributed by atoms with Gasteiger partial charge < -0.3 is 5.11 Å². The van der Waals surface area contributed by atoms with Gasteiger partial charge in [-0.2, -0.15) is 5.10 Å². The molecule has 0 saturated heterocycles. The molecule has 0 spiro atoms. The summed E-state index contributed by atoms with van der Waals surface area (Å²) in [5.74, 6) is -0.774. The quantitative estimate of drug-likeness (QED) is 0.577. The Kier molecular flexibility index (Phi) is 3.97. The highest BCUT2D eigenvalue weighted by Crippen LogP contribution is 2.24. The minimum atomic E-state index is -0.442. The lowest BCUT2D eigenvalue weighted by atomic mass is 10.1. The van der Waals surface area contributed by atoms with Crippen molar-refractivity contribution < 1.29 is 14.3 Å². The number of hydrogen-bond donors (Lipinski definition) is 2. The fourth-order valence-electron chi connectivity index (χ4n) is 2.12. The van der Waals surface area contributed by atoms with Crippen LogP contribution < -0.4 is 5.43 Å². The zero-order valence-corrected chi connectivity index (χ0v) is 11.9. The van der Waals surface area contributed by atoms with Crippen LogP contribution in [0.1, 0.15) is 15.9 Å². The number of phenolic OH excluding ortho intramolecular Hbond substituents is 1. The van der Waals surface area contributed by atoms with Gasteiger partial charge >= 0.3 is 0 Å². The standard InChI is InChI=1S/C17H12FN3O2/c18-13-6-3-11(4-7-13)17(23)21-20-10-12-5-8-15(22)16-14(12)2-1-9-19-16/h1-10,22H,(H,21,23). The fraction of sp³-hybridized carbons (Fsp3) is 0. The van der Waals surface area contributed by atoms with Gasteiger partial charge in [0.2, 0.25) is 0 Å². The molecule has 3 rings (SSSR count). The summed E-state index contributed by atoms with van der Waals surface area (Å²) in [6, 6.07) is 11.9. The van der Waals surface area contributed by atoms with E-state index in [0.29, 0.717) is 22.0 Å². The van der Waals surface area contributed by atoms with E-state index in [1.807, 2.05) is 0 Å². The third kappa shape index (κ3) is 3.16. The Bertz CT molecular complexity index is 892. The Balaban J connectivity index is 1.80. The van der Waals surface area contributed by atoms with Crippen LogP contribution in [0, 0.1) is 5.82 Å². The highest BCUT2D eigenvalue weighted by Gasteiger charge is 2.06. The minimum absolute atomic E-state index is 0.0769. The normalized spacial score (nSPS) is 11.0. The van der Waals surface area contributed by atoms with Gasteiger partial charge in [0.15, 0.2) is 0 Å². The predicted octanol–water partition coefficient (Wildman–Crippen LogP) is 2.84. The maximum Gasteiger partial charge on any atom is 0.271 e. The third-order valence-electron chi connectivity index (χ3n) is 3.26. The number of rotatable bonds is 3. The average molecular weight is 309 g/mol. The zero-order chi connectivity index (χ0) is 16.2. The lowest BCUT2D eigenvalue weighted by Crippen LogP contribution is -2.17. The van der Waals surface area contributed by atoms with Gasteiger partial charge in [-0.1, -0.05) is 6.07 Å². The maximum absolute atomic E-state index is 12.8. The number of nitrogens with one attached hydrogen (secondary N) is 1. The molecule has 114 valence electrons. The number of aromatic hydroxyl groups is 1. The SMILES string of the molecule is O=C(NN=Cc1ccc(O)c2ncccc12)c1ccc(F)cc1. The second kappa shape index (κ2) is 6.23. The number of amides is 1. The van der Waals surface area contributed by atoms with E-state index >= 15 is 0 Å². The number of halogens is 1. The summed E-state index contributed by atoms with van der Waals surface area (Å²) in [6.45, 7) is 0. The largest absolute Gasteiger partial charge is 0.506 e. The van der Waals surface area contributed by atoms with Crippen molar-refractivity contribution >= 4 is 23.0 Å². The van der Waals surface area contributed by atoms with Crippen molar-refractivity contribution in [3.8, 4) is 5.75 Å². The van der Waals surface area contributed by atoms with Gasteiger partial charge in [-0.15, -0.1) is 0 Å². The van der Waals surface area contributed by atoms with Crippen LogP contribution in [0.5, 0.6) is 5.75 Å². The summed E-state index contributed by atoms with van der Waals surface area (Å²) >= 11 is 0. The molecule has 0 radical (unpaired) electrons. The molecule has 0 fully saturated rings. The molecule has 0 saturated carbocycles. The van der Waals surface area contributed by atoms with Gasteiger partial charge in [-0.25, -0.2) is 9.82 Å². The fourth-order valence-corrected chi connectivity index (χ4v) is 2.12. The topological polar surface area (TPSA) is 74.6 Å². The Morgan fingerprint density at radius 2 is 1.96 bits per heavy atom. The molecule has 0 aliphatic rings. The monoisotopic (exact) mass is 309 g/mol. The number of fused-ring (bicyclic) bond motifs is 1. The number of hydrogen-bond acceptors (Lipinski definition) is 4. The number of carbonyl (C=O) groups is 1. The van der Waals surface area contributed by atoms with Crippen LogP contribution in [0.25, 0.3) is 10.9 Å². The van der Waals surface area contributed by atoms with E-state index in [-0.39, 0.29) is 5.75 Å². The van der Waals surface area contributed by atoms with Crippen LogP contribution in [0.4, 0.5) is 4.39 Å². The predicted molar refractivity (Wildman–Crippen MR) is 84.9 cm³/mol. The van der Waals surface area contributed by atoms with Gasteiger partial charge in [-0.05, 0) is 42.5 Å². The molecule has 2 aromatic carbocycles. The van der Waals surface area contributed by atoms with Crippen molar-refractivity contribution in [1.29, 1.82) is 0 Å². The van der Waals surface area contributed by atoms with Crippen LogP contribution >= 0.6 is 0 Å². The number of phenols is 1. The highest BCUT2D eigenvalue weighted by molar-refractivity contribution is 6.01. The summed E-state index contributed by atoms with van der Waals surface area (Å²) in [5.41, 5.74) is 3.84. The first kappa shape index (κ1) is 14.6. The first-order chi connectivity index (χ1) is 11.1. The molecule has 3 aromatic rings. The molecule has 0 aliphatic carbocycles. The molecule has 0 aliphatic heterocycles. The van der Waals surface area contributed by atoms with E-state index in [2.05, 4.69) is 15.5 Å². The van der Waals surface area contributed by atoms with E-state index in [1.54, 1.807) is 24.4 Å². The molecule has 0 unspecified atom stereocenters. The first-order valence-electron chi connectivity index (χ1n) is 6.81. The van der Waals surface area contributed by atoms with E-state index in [4.69, 9.17) is 0 Å². The van der Waals surface area contributed by atoms with Crippen LogP contribution in [-0.2, 0) is 0 Å². The van der Waals surface area contributed by atoms with Crippen molar-refractivity contribution in [1.82, 2.24) is 10.4 Å². The number of benzene rings is 2. The van der Waals surface area contributed by atoms with Crippen molar-refractivity contribution in [2.75, 3.05) is 0 Å². The summed E-state index contributed by atoms with van der Waals surface area (Å²) < 4.78 is 12.8. The molecule has 6 heteroatoms. The second-order valence-electron chi connectivity index (χ2n) is 4.78. The Hall–Kier alpha value is -3.28. The maximum atomic E-state index is 12.8. The summed E-state index contributed by atoms with van der Waals surface area (Å²) in [7, 11) is 0. The van der Waals surface area contributed by atoms with Crippen molar-refractivity contribution in [3.05, 3.63) is 71.7 Å². The van der Waals surface area contributed by atoms with E-state index < -0.39 is 11.7 Å². The van der Waals surface area contributed by atoms with Gasteiger partial charge in [0.25, 0.3) is 5.91 Å². The van der Waals surface area contributed by atoms with Crippen LogP contribution in [0.2, 0.25) is 0 Å². The summed E-state index contributed by atoms with van der Waals surface area (Å²) in [4.78, 5) is 16.0. The lowest BCUT2D eigenvalue weighted by Gasteiger charge is -2.03. The molecule has 0 atom stereocenters. The van der Waals surface area contributed by atoms with E-state index in [0.717, 1.165) is 0 Å². The molecule has 0 bridgehead atoms. The summed E-state index contributed by atoms with van der Waals surface area (Å²) in [6.07, 6.45) is 3.05. The third-order valence-corrected chi connectivity index (χ3v) is 3.26. The number of hydrazone groups is 1. The Morgan fingerprint density at radius 1 is 1.17 bits per heavy atom. The second-order valence-corrected chi connectivity index (χ2v) is 4.78. The van der Waals surface area contributed by atoms with Crippen LogP contribution in [-0.4, -0.2) is 22.2 Å². The molecule has 5 nitrogen and oxygen atoms in total. The van der Waals surface area contributed by atoms with Crippen LogP contribution in [0.15, 0.2) is 59.8 Å². The molecule has 23 heavy (non-hydrogen) atoms. The Morgan fingerprint density at radius 3 is 2.74 bits per heavy atom. The van der Waals surface area contributed by atoms with Crippen molar-refractivity contribution in [2.45, 2.75) is 0 Å². The highest BCUT2D eigenvalue weighted by atomic mass is 19.1. The van der Waals surface area contributed by atoms with Crippen molar-refractivity contribution in [2.24, 2.45) is 5.10 Å². The average Bonchev–Trinajstić information content (AvgIpc) is 2.58. The molecule has 1 aromatic heterocycles. The zero-order valence-electron chi connectivity index (χ0n) is 11.9. The number of pyridine rings is 1. The number of carbonyl (C=O) groups excluding carboxylic acids is 1. The molecule has 1 amide bonds. The smallest absolute Gasteiger partial charge is 0.271 e. The molecular weight excluding hydrogens is 297 g/mol. The summed E-state index contributed by atoms with van der Waals surface area (Å²) in [5, 5.41) is 14.4. The van der Waals surface area contributed by atoms with Crippen LogP contribution in [0.3, 0.4) is 0 Å². The molecule has 1 heterocycles. The minimum Gasteiger partial charge on any atom is -0.506 e. The van der Waals surface area contributed by atoms with E-state index in [1.165, 1.54) is 36.5 Å². The van der Waals surface area contributed by atoms with Crippen molar-refractivity contribution in [3.63, 3.8) is 0 Å². The van der Waals surface area contributed by atoms with Gasteiger partial charge in [0, 0.05) is 22.7 Å². The number of aromatic nitrogens is 1. The van der Waals surface area contributed by atoms with Gasteiger partial charge in [-0.3, -0.25) is 9.78 Å². The first-order valence-corrected chi connectivity index (χ1v) is 6.81. The molecular formula is C17H12FN3O2. The number of nitrogens with zero attached hydrogens (tertiary/aromatic N) is 2. The van der Waals surface area contributed by atoms with E-state index in [9.17, 15) is 14.3 Å². The molecule has 2 N–H and O–H groups in total. The van der Waals surface area contributed by atoms with Gasteiger partial charge in [0.1, 0.15) is 17.1 Å². The Labute approximate surface area is 131 Å². The lowest BCUT2D eigenvalue weighted by molar-refractivity contribution is 0.0955.